The third-order valence-corrected chi connectivity index (χ3v) is 16.9. The van der Waals surface area contributed by atoms with Crippen LogP contribution in [-0.4, -0.2) is 42.0 Å². The van der Waals surface area contributed by atoms with E-state index in [4.69, 9.17) is 14.5 Å². The molecule has 2 heterocycles. The summed E-state index contributed by atoms with van der Waals surface area (Å²) in [6.07, 6.45) is 2.14. The smallest absolute Gasteiger partial charge is 0.416 e. The highest BCUT2D eigenvalue weighted by Gasteiger charge is 2.52. The van der Waals surface area contributed by atoms with Gasteiger partial charge in [-0.1, -0.05) is 59.8 Å². The van der Waals surface area contributed by atoms with Gasteiger partial charge in [0, 0.05) is 22.9 Å². The Kier molecular flexibility index (Phi) is 10.5. The zero-order chi connectivity index (χ0) is 34.1. The fourth-order valence-electron chi connectivity index (χ4n) is 7.53. The highest BCUT2D eigenvalue weighted by Crippen LogP contribution is 2.55. The average Bonchev–Trinajstić information content (AvgIpc) is 3.33. The number of aliphatic hydroxyl groups is 1. The van der Waals surface area contributed by atoms with E-state index in [2.05, 4.69) is 58.7 Å². The second-order valence-electron chi connectivity index (χ2n) is 14.4. The van der Waals surface area contributed by atoms with E-state index in [1.165, 1.54) is 11.0 Å². The lowest BCUT2D eigenvalue weighted by Crippen LogP contribution is -2.49. The molecule has 46 heavy (non-hydrogen) atoms. The maximum Gasteiger partial charge on any atom is 0.416 e. The molecule has 2 atom stereocenters. The number of benzene rings is 1. The van der Waals surface area contributed by atoms with Gasteiger partial charge in [0.2, 0.25) is 5.95 Å². The highest BCUT2D eigenvalue weighted by molar-refractivity contribution is 6.85. The molecule has 4 rings (SSSR count). The van der Waals surface area contributed by atoms with Crippen molar-refractivity contribution in [2.75, 3.05) is 12.0 Å². The number of methoxy groups -OCH3 is 1. The molecule has 1 aromatic carbocycles. The van der Waals surface area contributed by atoms with Gasteiger partial charge in [-0.2, -0.15) is 4.39 Å². The lowest BCUT2D eigenvalue weighted by Gasteiger charge is -2.47. The first-order valence-electron chi connectivity index (χ1n) is 16.2. The minimum Gasteiger partial charge on any atom is -0.497 e. The Morgan fingerprint density at radius 2 is 1.63 bits per heavy atom. The van der Waals surface area contributed by atoms with Crippen LogP contribution in [0, 0.1) is 12.9 Å². The van der Waals surface area contributed by atoms with Gasteiger partial charge in [-0.15, -0.1) is 0 Å². The number of aryl methyl sites for hydroxylation is 1. The van der Waals surface area contributed by atoms with Crippen LogP contribution in [0.5, 0.6) is 5.75 Å². The summed E-state index contributed by atoms with van der Waals surface area (Å²) in [6.45, 7) is 21.3. The standard InChI is InChI=1S/C37H50FN3O4Si/c1-22(2)46(23(3)4,24(5)6)31-19-30(29-18-25(7)20-39-33(29)31)34(42)28-16-17-32(40-35(28)38)41(36(43)45-37(8,9)10)21-26-12-14-27(44-11)15-13-26/h12-20,22-24,31,34,42H,21H2,1-11H3. The topological polar surface area (TPSA) is 84.8 Å². The van der Waals surface area contributed by atoms with E-state index in [0.29, 0.717) is 27.9 Å². The van der Waals surface area contributed by atoms with E-state index >= 15 is 4.39 Å². The first kappa shape index (κ1) is 35.3. The van der Waals surface area contributed by atoms with Crippen LogP contribution in [-0.2, 0) is 11.3 Å². The van der Waals surface area contributed by atoms with Crippen molar-refractivity contribution in [3.05, 3.63) is 88.6 Å². The Balaban J connectivity index is 1.76. The van der Waals surface area contributed by atoms with E-state index in [1.54, 1.807) is 46.1 Å². The summed E-state index contributed by atoms with van der Waals surface area (Å²) < 4.78 is 26.9. The van der Waals surface area contributed by atoms with Crippen molar-refractivity contribution in [2.45, 2.75) is 110 Å². The van der Waals surface area contributed by atoms with E-state index in [0.717, 1.165) is 22.4 Å². The minimum atomic E-state index is -2.09. The number of anilines is 1. The van der Waals surface area contributed by atoms with Crippen LogP contribution in [0.4, 0.5) is 15.0 Å². The molecule has 2 aromatic heterocycles. The fourth-order valence-corrected chi connectivity index (χ4v) is 14.9. The van der Waals surface area contributed by atoms with Gasteiger partial charge >= 0.3 is 6.09 Å². The number of carbonyl (C=O) groups is 1. The maximum absolute atomic E-state index is 16.0. The average molecular weight is 648 g/mol. The number of aliphatic hydroxyl groups excluding tert-OH is 1. The van der Waals surface area contributed by atoms with Gasteiger partial charge in [0.05, 0.1) is 27.4 Å². The number of nitrogens with zero attached hydrogens (tertiary/aromatic N) is 3. The number of amides is 1. The molecule has 2 unspecified atom stereocenters. The molecule has 0 bridgehead atoms. The van der Waals surface area contributed by atoms with Crippen molar-refractivity contribution in [1.29, 1.82) is 0 Å². The van der Waals surface area contributed by atoms with Crippen LogP contribution >= 0.6 is 0 Å². The number of pyridine rings is 2. The number of carbonyl (C=O) groups excluding carboxylic acids is 1. The molecule has 0 saturated heterocycles. The molecule has 0 saturated carbocycles. The summed E-state index contributed by atoms with van der Waals surface area (Å²) in [6, 6.07) is 12.4. The summed E-state index contributed by atoms with van der Waals surface area (Å²) in [5.74, 6) is -0.0824. The fraction of sp³-hybridized carbons (Fsp3) is 0.486. The number of hydrogen-bond acceptors (Lipinski definition) is 6. The van der Waals surface area contributed by atoms with Crippen molar-refractivity contribution >= 4 is 25.6 Å². The summed E-state index contributed by atoms with van der Waals surface area (Å²) >= 11 is 0. The van der Waals surface area contributed by atoms with Crippen LogP contribution in [0.25, 0.3) is 5.57 Å². The predicted molar refractivity (Wildman–Crippen MR) is 185 cm³/mol. The van der Waals surface area contributed by atoms with Crippen molar-refractivity contribution in [3.63, 3.8) is 0 Å². The highest BCUT2D eigenvalue weighted by atomic mass is 28.3. The monoisotopic (exact) mass is 647 g/mol. The molecular weight excluding hydrogens is 598 g/mol. The largest absolute Gasteiger partial charge is 0.497 e. The normalized spacial score (nSPS) is 15.7. The molecular formula is C37H50FN3O4Si. The van der Waals surface area contributed by atoms with E-state index in [1.807, 2.05) is 25.3 Å². The third-order valence-electron chi connectivity index (χ3n) is 9.39. The SMILES string of the molecule is COc1ccc(CN(C(=O)OC(C)(C)C)c2ccc(C(O)C3=CC([Si](C(C)C)(C(C)C)C(C)C)c4ncc(C)cc43)c(F)n2)cc1. The molecule has 0 radical (unpaired) electrons. The van der Waals surface area contributed by atoms with Gasteiger partial charge in [0.25, 0.3) is 0 Å². The number of rotatable bonds is 10. The first-order valence-corrected chi connectivity index (χ1v) is 18.5. The van der Waals surface area contributed by atoms with E-state index in [9.17, 15) is 9.90 Å². The number of ether oxygens (including phenoxy) is 2. The van der Waals surface area contributed by atoms with Crippen molar-refractivity contribution in [2.24, 2.45) is 0 Å². The molecule has 1 amide bonds. The molecule has 9 heteroatoms. The van der Waals surface area contributed by atoms with Crippen LogP contribution in [0.1, 0.15) is 102 Å². The lowest BCUT2D eigenvalue weighted by molar-refractivity contribution is 0.0576. The second kappa shape index (κ2) is 13.7. The quantitative estimate of drug-likeness (QED) is 0.174. The van der Waals surface area contributed by atoms with Gasteiger partial charge < -0.3 is 14.6 Å². The van der Waals surface area contributed by atoms with Crippen molar-refractivity contribution in [1.82, 2.24) is 9.97 Å². The third kappa shape index (κ3) is 6.90. The minimum absolute atomic E-state index is 0.0441. The molecule has 0 fully saturated rings. The molecule has 1 N–H and O–H groups in total. The van der Waals surface area contributed by atoms with Crippen LogP contribution in [0.2, 0.25) is 16.6 Å². The molecule has 248 valence electrons. The van der Waals surface area contributed by atoms with Crippen LogP contribution in [0.15, 0.2) is 54.7 Å². The summed E-state index contributed by atoms with van der Waals surface area (Å²) in [7, 11) is -0.507. The van der Waals surface area contributed by atoms with E-state index in [-0.39, 0.29) is 23.5 Å². The molecule has 3 aromatic rings. The van der Waals surface area contributed by atoms with Gasteiger partial charge in [0.15, 0.2) is 0 Å². The number of fused-ring (bicyclic) bond motifs is 1. The zero-order valence-electron chi connectivity index (χ0n) is 29.2. The second-order valence-corrected chi connectivity index (χ2v) is 20.5. The molecule has 1 aliphatic carbocycles. The Labute approximate surface area is 274 Å². The predicted octanol–water partition coefficient (Wildman–Crippen LogP) is 9.31. The van der Waals surface area contributed by atoms with Gasteiger partial charge in [-0.3, -0.25) is 9.88 Å². The van der Waals surface area contributed by atoms with Crippen LogP contribution in [0.3, 0.4) is 0 Å². The Morgan fingerprint density at radius 1 is 1.02 bits per heavy atom. The van der Waals surface area contributed by atoms with Crippen molar-refractivity contribution < 1.29 is 23.8 Å². The molecule has 0 aliphatic heterocycles. The van der Waals surface area contributed by atoms with Gasteiger partial charge in [0.1, 0.15) is 23.3 Å². The van der Waals surface area contributed by atoms with Gasteiger partial charge in [-0.05, 0) is 91.4 Å². The molecule has 7 nitrogen and oxygen atoms in total. The Bertz CT molecular complexity index is 1560. The van der Waals surface area contributed by atoms with Crippen molar-refractivity contribution in [3.8, 4) is 5.75 Å². The Hall–Kier alpha value is -3.56. The summed E-state index contributed by atoms with van der Waals surface area (Å²) in [4.78, 5) is 23.8. The first-order chi connectivity index (χ1) is 21.5. The van der Waals surface area contributed by atoms with Crippen LogP contribution < -0.4 is 9.64 Å². The molecule has 1 aliphatic rings. The zero-order valence-corrected chi connectivity index (χ0v) is 30.2. The van der Waals surface area contributed by atoms with E-state index < -0.39 is 31.8 Å². The molecule has 0 spiro atoms. The number of allylic oxidation sites excluding steroid dienone is 1. The summed E-state index contributed by atoms with van der Waals surface area (Å²) in [5.41, 5.74) is 5.00. The van der Waals surface area contributed by atoms with Gasteiger partial charge in [-0.25, -0.2) is 9.78 Å². The lowest BCUT2D eigenvalue weighted by atomic mass is 9.98. The number of hydrogen-bond donors (Lipinski definition) is 1. The summed E-state index contributed by atoms with van der Waals surface area (Å²) in [5, 5.41) is 11.8. The Morgan fingerprint density at radius 3 is 2.15 bits per heavy atom. The number of aromatic nitrogens is 2. The maximum atomic E-state index is 16.0. The number of halogens is 1.